The normalized spacial score (nSPS) is 9.71. The van der Waals surface area contributed by atoms with E-state index in [0.717, 1.165) is 6.07 Å². The number of nitriles is 1. The van der Waals surface area contributed by atoms with Crippen molar-refractivity contribution in [3.05, 3.63) is 29.6 Å². The van der Waals surface area contributed by atoms with E-state index in [-0.39, 0.29) is 11.5 Å². The molecule has 1 N–H and O–H groups in total. The van der Waals surface area contributed by atoms with E-state index in [1.807, 2.05) is 6.07 Å². The third kappa shape index (κ3) is 4.21. The first-order valence-corrected chi connectivity index (χ1v) is 5.16. The van der Waals surface area contributed by atoms with E-state index in [1.54, 1.807) is 7.11 Å². The average molecular weight is 236 g/mol. The Morgan fingerprint density at radius 1 is 1.59 bits per heavy atom. The topological polar surface area (TPSA) is 62.1 Å². The van der Waals surface area contributed by atoms with E-state index in [4.69, 9.17) is 10.00 Å². The number of hydrogen-bond acceptors (Lipinski definition) is 3. The molecule has 0 aliphatic heterocycles. The van der Waals surface area contributed by atoms with Gasteiger partial charge in [0, 0.05) is 20.1 Å². The van der Waals surface area contributed by atoms with Gasteiger partial charge in [0.05, 0.1) is 11.3 Å². The van der Waals surface area contributed by atoms with Crippen LogP contribution in [0.25, 0.3) is 0 Å². The number of rotatable bonds is 5. The van der Waals surface area contributed by atoms with Gasteiger partial charge in [0.25, 0.3) is 0 Å². The lowest BCUT2D eigenvalue weighted by molar-refractivity contribution is -0.116. The molecule has 0 saturated heterocycles. The van der Waals surface area contributed by atoms with E-state index >= 15 is 0 Å². The predicted octanol–water partition coefficient (Wildman–Crippen LogP) is 2.06. The van der Waals surface area contributed by atoms with E-state index in [2.05, 4.69) is 5.32 Å². The van der Waals surface area contributed by atoms with Gasteiger partial charge in [-0.25, -0.2) is 4.39 Å². The molecule has 0 aliphatic carbocycles. The maximum Gasteiger partial charge on any atom is 0.224 e. The Morgan fingerprint density at radius 3 is 3.00 bits per heavy atom. The molecule has 0 atom stereocenters. The summed E-state index contributed by atoms with van der Waals surface area (Å²) in [6.45, 7) is 0.502. The first kappa shape index (κ1) is 13.1. The summed E-state index contributed by atoms with van der Waals surface area (Å²) >= 11 is 0. The lowest BCUT2D eigenvalue weighted by atomic mass is 10.2. The van der Waals surface area contributed by atoms with Gasteiger partial charge in [0.2, 0.25) is 5.91 Å². The number of hydrogen-bond donors (Lipinski definition) is 1. The molecule has 90 valence electrons. The van der Waals surface area contributed by atoms with E-state index < -0.39 is 5.82 Å². The Morgan fingerprint density at radius 2 is 2.35 bits per heavy atom. The quantitative estimate of drug-likeness (QED) is 0.796. The number of carbonyl (C=O) groups excluding carboxylic acids is 1. The fourth-order valence-corrected chi connectivity index (χ4v) is 1.31. The van der Waals surface area contributed by atoms with Crippen molar-refractivity contribution in [1.82, 2.24) is 0 Å². The monoisotopic (exact) mass is 236 g/mol. The van der Waals surface area contributed by atoms with Crippen molar-refractivity contribution in [2.75, 3.05) is 19.0 Å². The zero-order chi connectivity index (χ0) is 12.7. The van der Waals surface area contributed by atoms with Crippen LogP contribution in [0.2, 0.25) is 0 Å². The number of nitrogens with one attached hydrogen (secondary N) is 1. The SMILES string of the molecule is COCCCC(=O)Nc1ccc(F)cc1C#N. The number of benzene rings is 1. The minimum Gasteiger partial charge on any atom is -0.385 e. The highest BCUT2D eigenvalue weighted by atomic mass is 19.1. The molecular formula is C12H13FN2O2. The van der Waals surface area contributed by atoms with Crippen molar-refractivity contribution in [2.45, 2.75) is 12.8 Å². The second kappa shape index (κ2) is 6.61. The zero-order valence-corrected chi connectivity index (χ0v) is 9.50. The molecule has 0 bridgehead atoms. The van der Waals surface area contributed by atoms with Gasteiger partial charge in [0.15, 0.2) is 0 Å². The van der Waals surface area contributed by atoms with Crippen LogP contribution in [0.3, 0.4) is 0 Å². The highest BCUT2D eigenvalue weighted by molar-refractivity contribution is 5.92. The molecule has 0 saturated carbocycles. The van der Waals surface area contributed by atoms with E-state index in [1.165, 1.54) is 12.1 Å². The molecule has 17 heavy (non-hydrogen) atoms. The Hall–Kier alpha value is -1.93. The van der Waals surface area contributed by atoms with Crippen LogP contribution in [-0.2, 0) is 9.53 Å². The van der Waals surface area contributed by atoms with Crippen LogP contribution in [0, 0.1) is 17.1 Å². The number of amides is 1. The zero-order valence-electron chi connectivity index (χ0n) is 9.50. The molecule has 0 aromatic heterocycles. The molecule has 0 aliphatic rings. The molecule has 0 spiro atoms. The van der Waals surface area contributed by atoms with Gasteiger partial charge < -0.3 is 10.1 Å². The van der Waals surface area contributed by atoms with Gasteiger partial charge in [-0.05, 0) is 24.6 Å². The average Bonchev–Trinajstić information content (AvgIpc) is 2.32. The summed E-state index contributed by atoms with van der Waals surface area (Å²) in [7, 11) is 1.56. The highest BCUT2D eigenvalue weighted by Crippen LogP contribution is 2.16. The molecule has 1 rings (SSSR count). The Kier molecular flexibility index (Phi) is 5.11. The summed E-state index contributed by atoms with van der Waals surface area (Å²) in [5, 5.41) is 11.3. The number of carbonyl (C=O) groups is 1. The molecule has 0 fully saturated rings. The smallest absolute Gasteiger partial charge is 0.224 e. The molecular weight excluding hydrogens is 223 g/mol. The van der Waals surface area contributed by atoms with Crippen LogP contribution in [0.4, 0.5) is 10.1 Å². The minimum atomic E-state index is -0.501. The first-order valence-electron chi connectivity index (χ1n) is 5.16. The third-order valence-corrected chi connectivity index (χ3v) is 2.13. The fraction of sp³-hybridized carbons (Fsp3) is 0.333. The van der Waals surface area contributed by atoms with Gasteiger partial charge in [-0.15, -0.1) is 0 Å². The molecule has 4 nitrogen and oxygen atoms in total. The van der Waals surface area contributed by atoms with Crippen molar-refractivity contribution < 1.29 is 13.9 Å². The molecule has 5 heteroatoms. The second-order valence-electron chi connectivity index (χ2n) is 3.45. The number of halogens is 1. The lowest BCUT2D eigenvalue weighted by Crippen LogP contribution is -2.13. The number of methoxy groups -OCH3 is 1. The summed E-state index contributed by atoms with van der Waals surface area (Å²) in [5.41, 5.74) is 0.446. The number of ether oxygens (including phenoxy) is 1. The van der Waals surface area contributed by atoms with Gasteiger partial charge >= 0.3 is 0 Å². The molecule has 1 aromatic carbocycles. The van der Waals surface area contributed by atoms with E-state index in [9.17, 15) is 9.18 Å². The van der Waals surface area contributed by atoms with Crippen LogP contribution >= 0.6 is 0 Å². The van der Waals surface area contributed by atoms with Crippen molar-refractivity contribution in [2.24, 2.45) is 0 Å². The van der Waals surface area contributed by atoms with Crippen molar-refractivity contribution >= 4 is 11.6 Å². The van der Waals surface area contributed by atoms with E-state index in [0.29, 0.717) is 25.1 Å². The Balaban J connectivity index is 2.62. The van der Waals surface area contributed by atoms with Crippen LogP contribution < -0.4 is 5.32 Å². The minimum absolute atomic E-state index is 0.116. The van der Waals surface area contributed by atoms with Crippen LogP contribution in [0.1, 0.15) is 18.4 Å². The Labute approximate surface area is 99.0 Å². The predicted molar refractivity (Wildman–Crippen MR) is 60.9 cm³/mol. The first-order chi connectivity index (χ1) is 8.17. The maximum atomic E-state index is 12.8. The molecule has 0 heterocycles. The largest absolute Gasteiger partial charge is 0.385 e. The maximum absolute atomic E-state index is 12.8. The molecule has 0 radical (unpaired) electrons. The van der Waals surface area contributed by atoms with Crippen LogP contribution in [0.15, 0.2) is 18.2 Å². The summed E-state index contributed by atoms with van der Waals surface area (Å²) in [5.74, 6) is -0.718. The molecule has 0 unspecified atom stereocenters. The van der Waals surface area contributed by atoms with Crippen molar-refractivity contribution in [3.63, 3.8) is 0 Å². The third-order valence-electron chi connectivity index (χ3n) is 2.13. The van der Waals surface area contributed by atoms with Crippen molar-refractivity contribution in [3.8, 4) is 6.07 Å². The van der Waals surface area contributed by atoms with Crippen molar-refractivity contribution in [1.29, 1.82) is 5.26 Å². The highest BCUT2D eigenvalue weighted by Gasteiger charge is 2.07. The van der Waals surface area contributed by atoms with Crippen LogP contribution in [-0.4, -0.2) is 19.6 Å². The molecule has 1 amide bonds. The van der Waals surface area contributed by atoms with Gasteiger partial charge in [-0.1, -0.05) is 0 Å². The summed E-state index contributed by atoms with van der Waals surface area (Å²) < 4.78 is 17.7. The Bertz CT molecular complexity index is 441. The summed E-state index contributed by atoms with van der Waals surface area (Å²) in [4.78, 5) is 11.5. The van der Waals surface area contributed by atoms with Gasteiger partial charge in [0.1, 0.15) is 11.9 Å². The standard InChI is InChI=1S/C12H13FN2O2/c1-17-6-2-3-12(16)15-11-5-4-10(13)7-9(11)8-14/h4-5,7H,2-3,6H2,1H3,(H,15,16). The second-order valence-corrected chi connectivity index (χ2v) is 3.45. The number of anilines is 1. The van der Waals surface area contributed by atoms with Crippen LogP contribution in [0.5, 0.6) is 0 Å². The lowest BCUT2D eigenvalue weighted by Gasteiger charge is -2.06. The van der Waals surface area contributed by atoms with Gasteiger partial charge in [-0.3, -0.25) is 4.79 Å². The van der Waals surface area contributed by atoms with Gasteiger partial charge in [-0.2, -0.15) is 5.26 Å². The number of nitrogens with zero attached hydrogens (tertiary/aromatic N) is 1. The summed E-state index contributed by atoms with van der Waals surface area (Å²) in [6, 6.07) is 5.49. The molecule has 1 aromatic rings. The summed E-state index contributed by atoms with van der Waals surface area (Å²) in [6.07, 6.45) is 0.904. The fourth-order valence-electron chi connectivity index (χ4n) is 1.31.